The van der Waals surface area contributed by atoms with Crippen molar-refractivity contribution in [2.75, 3.05) is 13.2 Å². The lowest BCUT2D eigenvalue weighted by Gasteiger charge is -2.19. The number of hydrogen-bond donors (Lipinski definition) is 2. The highest BCUT2D eigenvalue weighted by Crippen LogP contribution is 2.21. The van der Waals surface area contributed by atoms with Crippen molar-refractivity contribution in [1.82, 2.24) is 5.32 Å². The second-order valence-corrected chi connectivity index (χ2v) is 4.78. The molecule has 2 aromatic rings. The average Bonchev–Trinajstić information content (AvgIpc) is 2.54. The molecular formula is C17H18N2O3. The van der Waals surface area contributed by atoms with Crippen LogP contribution in [0.4, 0.5) is 0 Å². The predicted octanol–water partition coefficient (Wildman–Crippen LogP) is 1.39. The fourth-order valence-electron chi connectivity index (χ4n) is 2.10. The number of benzene rings is 2. The molecule has 0 saturated carbocycles. The van der Waals surface area contributed by atoms with Gasteiger partial charge in [-0.1, -0.05) is 60.7 Å². The second-order valence-electron chi connectivity index (χ2n) is 4.78. The van der Waals surface area contributed by atoms with Crippen LogP contribution in [0, 0.1) is 0 Å². The lowest BCUT2D eigenvalue weighted by molar-refractivity contribution is -0.129. The lowest BCUT2D eigenvalue weighted by Crippen LogP contribution is -2.33. The largest absolute Gasteiger partial charge is 0.368 e. The molecule has 2 amide bonds. The lowest BCUT2D eigenvalue weighted by atomic mass is 9.99. The number of amides is 2. The average molecular weight is 298 g/mol. The van der Waals surface area contributed by atoms with E-state index in [-0.39, 0.29) is 25.2 Å². The van der Waals surface area contributed by atoms with Crippen LogP contribution in [0.25, 0.3) is 0 Å². The van der Waals surface area contributed by atoms with Gasteiger partial charge in [0.2, 0.25) is 11.8 Å². The smallest absolute Gasteiger partial charge is 0.246 e. The molecule has 0 bridgehead atoms. The van der Waals surface area contributed by atoms with Gasteiger partial charge in [-0.15, -0.1) is 0 Å². The molecule has 0 heterocycles. The molecule has 5 nitrogen and oxygen atoms in total. The normalized spacial score (nSPS) is 10.4. The SMILES string of the molecule is NC(=O)COCC(=O)NC(c1ccccc1)c1ccccc1. The molecule has 0 aliphatic heterocycles. The first-order valence-corrected chi connectivity index (χ1v) is 6.92. The Morgan fingerprint density at radius 1 is 0.909 bits per heavy atom. The maximum Gasteiger partial charge on any atom is 0.246 e. The molecule has 0 aromatic heterocycles. The van der Waals surface area contributed by atoms with E-state index in [0.717, 1.165) is 11.1 Å². The Balaban J connectivity index is 2.09. The second kappa shape index (κ2) is 7.95. The number of carbonyl (C=O) groups is 2. The Hall–Kier alpha value is -2.66. The maximum atomic E-state index is 12.0. The van der Waals surface area contributed by atoms with Gasteiger partial charge in [0.05, 0.1) is 6.04 Å². The summed E-state index contributed by atoms with van der Waals surface area (Å²) in [6.07, 6.45) is 0. The summed E-state index contributed by atoms with van der Waals surface area (Å²) in [5.74, 6) is -0.908. The van der Waals surface area contributed by atoms with E-state index in [1.54, 1.807) is 0 Å². The third-order valence-corrected chi connectivity index (χ3v) is 3.05. The van der Waals surface area contributed by atoms with E-state index >= 15 is 0 Å². The zero-order valence-corrected chi connectivity index (χ0v) is 12.1. The van der Waals surface area contributed by atoms with Crippen molar-refractivity contribution in [3.63, 3.8) is 0 Å². The van der Waals surface area contributed by atoms with E-state index in [0.29, 0.717) is 0 Å². The first kappa shape index (κ1) is 15.7. The van der Waals surface area contributed by atoms with E-state index in [9.17, 15) is 9.59 Å². The summed E-state index contributed by atoms with van der Waals surface area (Å²) in [7, 11) is 0. The van der Waals surface area contributed by atoms with Crippen LogP contribution in [-0.2, 0) is 14.3 Å². The van der Waals surface area contributed by atoms with Gasteiger partial charge in [0.1, 0.15) is 13.2 Å². The minimum absolute atomic E-state index is 0.209. The molecule has 2 rings (SSSR count). The van der Waals surface area contributed by atoms with E-state index in [2.05, 4.69) is 5.32 Å². The molecule has 0 radical (unpaired) electrons. The van der Waals surface area contributed by atoms with Gasteiger partial charge in [0.15, 0.2) is 0 Å². The molecule has 2 aromatic carbocycles. The number of rotatable bonds is 7. The molecule has 0 aliphatic rings. The van der Waals surface area contributed by atoms with Crippen molar-refractivity contribution in [2.24, 2.45) is 5.73 Å². The number of ether oxygens (including phenoxy) is 1. The van der Waals surface area contributed by atoms with Gasteiger partial charge in [-0.2, -0.15) is 0 Å². The molecule has 5 heteroatoms. The molecule has 0 unspecified atom stereocenters. The molecule has 3 N–H and O–H groups in total. The fourth-order valence-corrected chi connectivity index (χ4v) is 2.10. The van der Waals surface area contributed by atoms with Crippen molar-refractivity contribution in [2.45, 2.75) is 6.04 Å². The van der Waals surface area contributed by atoms with Gasteiger partial charge >= 0.3 is 0 Å². The molecule has 0 atom stereocenters. The van der Waals surface area contributed by atoms with Gasteiger partial charge in [0.25, 0.3) is 0 Å². The van der Waals surface area contributed by atoms with Crippen LogP contribution >= 0.6 is 0 Å². The van der Waals surface area contributed by atoms with E-state index in [1.165, 1.54) is 0 Å². The highest BCUT2D eigenvalue weighted by molar-refractivity contribution is 5.79. The molecule has 0 fully saturated rings. The Morgan fingerprint density at radius 2 is 1.41 bits per heavy atom. The Morgan fingerprint density at radius 3 is 1.86 bits per heavy atom. The number of nitrogens with one attached hydrogen (secondary N) is 1. The molecule has 0 saturated heterocycles. The van der Waals surface area contributed by atoms with Crippen molar-refractivity contribution in [3.05, 3.63) is 71.8 Å². The summed E-state index contributed by atoms with van der Waals surface area (Å²) in [5.41, 5.74) is 6.91. The third-order valence-electron chi connectivity index (χ3n) is 3.05. The minimum Gasteiger partial charge on any atom is -0.368 e. The topological polar surface area (TPSA) is 81.4 Å². The first-order chi connectivity index (χ1) is 10.7. The number of primary amides is 1. The van der Waals surface area contributed by atoms with E-state index < -0.39 is 5.91 Å². The van der Waals surface area contributed by atoms with Crippen LogP contribution in [0.2, 0.25) is 0 Å². The predicted molar refractivity (Wildman–Crippen MR) is 82.9 cm³/mol. The van der Waals surface area contributed by atoms with Crippen molar-refractivity contribution >= 4 is 11.8 Å². The maximum absolute atomic E-state index is 12.0. The van der Waals surface area contributed by atoms with Crippen LogP contribution in [0.1, 0.15) is 17.2 Å². The van der Waals surface area contributed by atoms with Crippen LogP contribution in [0.3, 0.4) is 0 Å². The highest BCUT2D eigenvalue weighted by atomic mass is 16.5. The van der Waals surface area contributed by atoms with E-state index in [4.69, 9.17) is 10.5 Å². The fraction of sp³-hybridized carbons (Fsp3) is 0.176. The Kier molecular flexibility index (Phi) is 5.68. The van der Waals surface area contributed by atoms with Gasteiger partial charge in [-0.25, -0.2) is 0 Å². The molecule has 0 aliphatic carbocycles. The van der Waals surface area contributed by atoms with Crippen molar-refractivity contribution in [3.8, 4) is 0 Å². The van der Waals surface area contributed by atoms with Gasteiger partial charge in [-0.3, -0.25) is 9.59 Å². The number of hydrogen-bond acceptors (Lipinski definition) is 3. The summed E-state index contributed by atoms with van der Waals surface area (Å²) in [6, 6.07) is 19.0. The molecule has 0 spiro atoms. The molecular weight excluding hydrogens is 280 g/mol. The first-order valence-electron chi connectivity index (χ1n) is 6.92. The molecule has 22 heavy (non-hydrogen) atoms. The quantitative estimate of drug-likeness (QED) is 0.810. The Labute approximate surface area is 129 Å². The third kappa shape index (κ3) is 4.71. The summed E-state index contributed by atoms with van der Waals surface area (Å²) in [4.78, 5) is 22.6. The van der Waals surface area contributed by atoms with Crippen molar-refractivity contribution in [1.29, 1.82) is 0 Å². The standard InChI is InChI=1S/C17H18N2O3/c18-15(20)11-22-12-16(21)19-17(13-7-3-1-4-8-13)14-9-5-2-6-10-14/h1-10,17H,11-12H2,(H2,18,20)(H,19,21). The zero-order chi connectivity index (χ0) is 15.8. The van der Waals surface area contributed by atoms with Gasteiger partial charge < -0.3 is 15.8 Å². The van der Waals surface area contributed by atoms with Crippen LogP contribution in [0.15, 0.2) is 60.7 Å². The number of carbonyl (C=O) groups excluding carboxylic acids is 2. The summed E-state index contributed by atoms with van der Waals surface area (Å²) < 4.78 is 4.94. The van der Waals surface area contributed by atoms with Crippen LogP contribution < -0.4 is 11.1 Å². The Bertz CT molecular complexity index is 575. The number of nitrogens with two attached hydrogens (primary N) is 1. The van der Waals surface area contributed by atoms with Crippen LogP contribution in [0.5, 0.6) is 0 Å². The minimum atomic E-state index is -0.601. The zero-order valence-electron chi connectivity index (χ0n) is 12.1. The summed E-state index contributed by atoms with van der Waals surface area (Å²) >= 11 is 0. The van der Waals surface area contributed by atoms with Gasteiger partial charge in [0, 0.05) is 0 Å². The van der Waals surface area contributed by atoms with E-state index in [1.807, 2.05) is 60.7 Å². The monoisotopic (exact) mass is 298 g/mol. The van der Waals surface area contributed by atoms with Crippen molar-refractivity contribution < 1.29 is 14.3 Å². The molecule has 114 valence electrons. The van der Waals surface area contributed by atoms with Crippen LogP contribution in [-0.4, -0.2) is 25.0 Å². The summed E-state index contributed by atoms with van der Waals surface area (Å²) in [6.45, 7) is -0.478. The summed E-state index contributed by atoms with van der Waals surface area (Å²) in [5, 5.41) is 2.91. The van der Waals surface area contributed by atoms with Gasteiger partial charge in [-0.05, 0) is 11.1 Å². The highest BCUT2D eigenvalue weighted by Gasteiger charge is 2.16.